The molecular formula is C26H34N2O4. The number of rotatable bonds is 7. The molecule has 2 heterocycles. The predicted octanol–water partition coefficient (Wildman–Crippen LogP) is 5.91. The highest BCUT2D eigenvalue weighted by molar-refractivity contribution is 5.76. The molecule has 1 aliphatic heterocycles. The van der Waals surface area contributed by atoms with Crippen molar-refractivity contribution in [3.05, 3.63) is 42.2 Å². The average Bonchev–Trinajstić information content (AvgIpc) is 3.54. The van der Waals surface area contributed by atoms with Gasteiger partial charge in [0, 0.05) is 35.5 Å². The first-order valence-electron chi connectivity index (χ1n) is 11.6. The van der Waals surface area contributed by atoms with Gasteiger partial charge in [0.1, 0.15) is 29.8 Å². The standard InChI is InChI=1S/C26H34N2O4/c1-16(2)12-18(28-25(29)32-26(3,4)5)15-30-19-8-9-21-20-10-11-27-14-22(20)24(17-6-7-17)31-23(21)13-19/h8-11,13-14,16-18,24H,6-7,12,15H2,1-5H3,(H,28,29)/t18-,24?/m0/s1. The number of ether oxygens (including phenoxy) is 3. The second-order valence-corrected chi connectivity index (χ2v) is 10.3. The van der Waals surface area contributed by atoms with Crippen LogP contribution in [0.25, 0.3) is 11.1 Å². The SMILES string of the molecule is CC(C)C[C@@H](COc1ccc2c(c1)OC(C1CC1)c1cnccc1-2)NC(=O)OC(C)(C)C. The quantitative estimate of drug-likeness (QED) is 0.582. The van der Waals surface area contributed by atoms with Crippen LogP contribution in [-0.4, -0.2) is 29.3 Å². The Balaban J connectivity index is 1.47. The normalized spacial score (nSPS) is 18.2. The van der Waals surface area contributed by atoms with Crippen molar-refractivity contribution in [2.24, 2.45) is 11.8 Å². The third-order valence-corrected chi connectivity index (χ3v) is 5.63. The van der Waals surface area contributed by atoms with Crippen LogP contribution in [0.15, 0.2) is 36.7 Å². The number of benzene rings is 1. The number of hydrogen-bond donors (Lipinski definition) is 1. The van der Waals surface area contributed by atoms with Crippen LogP contribution >= 0.6 is 0 Å². The van der Waals surface area contributed by atoms with Crippen molar-refractivity contribution in [3.63, 3.8) is 0 Å². The molecule has 1 amide bonds. The molecule has 0 radical (unpaired) electrons. The minimum atomic E-state index is -0.535. The topological polar surface area (TPSA) is 69.7 Å². The van der Waals surface area contributed by atoms with E-state index in [0.717, 1.165) is 23.5 Å². The summed E-state index contributed by atoms with van der Waals surface area (Å²) in [5, 5.41) is 2.96. The van der Waals surface area contributed by atoms with E-state index >= 15 is 0 Å². The van der Waals surface area contributed by atoms with Gasteiger partial charge >= 0.3 is 6.09 Å². The molecule has 2 aromatic rings. The van der Waals surface area contributed by atoms with Crippen LogP contribution in [-0.2, 0) is 4.74 Å². The highest BCUT2D eigenvalue weighted by Gasteiger charge is 2.38. The molecule has 32 heavy (non-hydrogen) atoms. The van der Waals surface area contributed by atoms with E-state index in [2.05, 4.69) is 30.2 Å². The van der Waals surface area contributed by atoms with E-state index in [-0.39, 0.29) is 12.1 Å². The van der Waals surface area contributed by atoms with Gasteiger partial charge in [-0.3, -0.25) is 4.98 Å². The van der Waals surface area contributed by atoms with Gasteiger partial charge < -0.3 is 19.5 Å². The Hall–Kier alpha value is -2.76. The smallest absolute Gasteiger partial charge is 0.407 e. The monoisotopic (exact) mass is 438 g/mol. The number of amides is 1. The Bertz CT molecular complexity index is 963. The number of pyridine rings is 1. The van der Waals surface area contributed by atoms with Crippen molar-refractivity contribution in [1.82, 2.24) is 10.3 Å². The van der Waals surface area contributed by atoms with Gasteiger partial charge in [0.05, 0.1) is 6.04 Å². The zero-order valence-electron chi connectivity index (χ0n) is 19.7. The Morgan fingerprint density at radius 1 is 1.22 bits per heavy atom. The molecule has 1 aliphatic carbocycles. The molecule has 6 heteroatoms. The summed E-state index contributed by atoms with van der Waals surface area (Å²) >= 11 is 0. The van der Waals surface area contributed by atoms with E-state index in [1.54, 1.807) is 0 Å². The number of fused-ring (bicyclic) bond motifs is 3. The van der Waals surface area contributed by atoms with E-state index in [1.807, 2.05) is 51.4 Å². The van der Waals surface area contributed by atoms with Crippen LogP contribution in [0.1, 0.15) is 65.5 Å². The maximum atomic E-state index is 12.3. The maximum Gasteiger partial charge on any atom is 0.407 e. The molecule has 1 aromatic heterocycles. The summed E-state index contributed by atoms with van der Waals surface area (Å²) in [5.41, 5.74) is 2.90. The molecule has 1 N–H and O–H groups in total. The van der Waals surface area contributed by atoms with Gasteiger partial charge in [-0.1, -0.05) is 13.8 Å². The molecule has 1 saturated carbocycles. The van der Waals surface area contributed by atoms with Crippen molar-refractivity contribution in [2.45, 2.75) is 71.6 Å². The first-order chi connectivity index (χ1) is 15.2. The first kappa shape index (κ1) is 22.4. The van der Waals surface area contributed by atoms with E-state index < -0.39 is 11.7 Å². The number of carbonyl (C=O) groups is 1. The summed E-state index contributed by atoms with van der Waals surface area (Å²) in [6, 6.07) is 7.90. The van der Waals surface area contributed by atoms with Crippen LogP contribution in [0.4, 0.5) is 4.79 Å². The number of nitrogens with zero attached hydrogens (tertiary/aromatic N) is 1. The molecule has 2 atom stereocenters. The molecule has 1 aromatic carbocycles. The molecule has 6 nitrogen and oxygen atoms in total. The van der Waals surface area contributed by atoms with Gasteiger partial charge in [-0.05, 0) is 69.7 Å². The van der Waals surface area contributed by atoms with Crippen molar-refractivity contribution in [2.75, 3.05) is 6.61 Å². The second kappa shape index (κ2) is 9.00. The lowest BCUT2D eigenvalue weighted by Gasteiger charge is -2.29. The van der Waals surface area contributed by atoms with Crippen LogP contribution < -0.4 is 14.8 Å². The van der Waals surface area contributed by atoms with Crippen LogP contribution in [0, 0.1) is 11.8 Å². The Morgan fingerprint density at radius 2 is 2.00 bits per heavy atom. The number of nitrogens with one attached hydrogen (secondary N) is 1. The van der Waals surface area contributed by atoms with Gasteiger partial charge in [0.15, 0.2) is 0 Å². The lowest BCUT2D eigenvalue weighted by molar-refractivity contribution is 0.0480. The molecule has 2 aliphatic rings. The van der Waals surface area contributed by atoms with Gasteiger partial charge in [0.25, 0.3) is 0 Å². The minimum Gasteiger partial charge on any atom is -0.491 e. The van der Waals surface area contributed by atoms with E-state index in [4.69, 9.17) is 14.2 Å². The first-order valence-corrected chi connectivity index (χ1v) is 11.6. The fourth-order valence-corrected chi connectivity index (χ4v) is 4.15. The highest BCUT2D eigenvalue weighted by atomic mass is 16.6. The lowest BCUT2D eigenvalue weighted by atomic mass is 9.92. The zero-order chi connectivity index (χ0) is 22.9. The fourth-order valence-electron chi connectivity index (χ4n) is 4.15. The largest absolute Gasteiger partial charge is 0.491 e. The van der Waals surface area contributed by atoms with Crippen molar-refractivity contribution in [1.29, 1.82) is 0 Å². The predicted molar refractivity (Wildman–Crippen MR) is 124 cm³/mol. The number of hydrogen-bond acceptors (Lipinski definition) is 5. The van der Waals surface area contributed by atoms with Gasteiger partial charge in [-0.2, -0.15) is 0 Å². The fraction of sp³-hybridized carbons (Fsp3) is 0.538. The van der Waals surface area contributed by atoms with Crippen molar-refractivity contribution < 1.29 is 19.0 Å². The summed E-state index contributed by atoms with van der Waals surface area (Å²) < 4.78 is 17.9. The third kappa shape index (κ3) is 5.53. The summed E-state index contributed by atoms with van der Waals surface area (Å²) in [7, 11) is 0. The number of carbonyl (C=O) groups excluding carboxylic acids is 1. The van der Waals surface area contributed by atoms with Crippen molar-refractivity contribution >= 4 is 6.09 Å². The van der Waals surface area contributed by atoms with E-state index in [0.29, 0.717) is 18.4 Å². The van der Waals surface area contributed by atoms with Gasteiger partial charge in [-0.25, -0.2) is 4.79 Å². The average molecular weight is 439 g/mol. The highest BCUT2D eigenvalue weighted by Crippen LogP contribution is 2.51. The van der Waals surface area contributed by atoms with E-state index in [1.165, 1.54) is 24.0 Å². The molecular weight excluding hydrogens is 404 g/mol. The van der Waals surface area contributed by atoms with Crippen LogP contribution in [0.3, 0.4) is 0 Å². The van der Waals surface area contributed by atoms with Crippen LogP contribution in [0.5, 0.6) is 11.5 Å². The molecule has 0 saturated heterocycles. The molecule has 4 rings (SSSR count). The summed E-state index contributed by atoms with van der Waals surface area (Å²) in [4.78, 5) is 16.6. The maximum absolute atomic E-state index is 12.3. The number of alkyl carbamates (subject to hydrolysis) is 1. The Labute approximate surface area is 190 Å². The Kier molecular flexibility index (Phi) is 6.31. The molecule has 1 unspecified atom stereocenters. The van der Waals surface area contributed by atoms with Crippen molar-refractivity contribution in [3.8, 4) is 22.6 Å². The van der Waals surface area contributed by atoms with Crippen LogP contribution in [0.2, 0.25) is 0 Å². The summed E-state index contributed by atoms with van der Waals surface area (Å²) in [6.07, 6.45) is 6.59. The molecule has 0 spiro atoms. The number of aromatic nitrogens is 1. The molecule has 172 valence electrons. The summed E-state index contributed by atoms with van der Waals surface area (Å²) in [6.45, 7) is 10.2. The van der Waals surface area contributed by atoms with Gasteiger partial charge in [-0.15, -0.1) is 0 Å². The van der Waals surface area contributed by atoms with Gasteiger partial charge in [0.2, 0.25) is 0 Å². The lowest BCUT2D eigenvalue weighted by Crippen LogP contribution is -2.42. The zero-order valence-corrected chi connectivity index (χ0v) is 19.7. The molecule has 0 bridgehead atoms. The second-order valence-electron chi connectivity index (χ2n) is 10.3. The Morgan fingerprint density at radius 3 is 2.69 bits per heavy atom. The van der Waals surface area contributed by atoms with E-state index in [9.17, 15) is 4.79 Å². The third-order valence-electron chi connectivity index (χ3n) is 5.63. The molecule has 1 fully saturated rings. The minimum absolute atomic E-state index is 0.0592. The summed E-state index contributed by atoms with van der Waals surface area (Å²) in [5.74, 6) is 2.55.